The number of benzene rings is 2. The first kappa shape index (κ1) is 20.9. The first-order valence-electron chi connectivity index (χ1n) is 10.3. The number of imidazole rings is 1. The SMILES string of the molecule is COCCNC(=O)[C@@H]1C[C@@H](Sc2nc3ccccc3[nH]2)CN1Cc1cccc(C)c1. The van der Waals surface area contributed by atoms with Crippen LogP contribution in [0.3, 0.4) is 0 Å². The van der Waals surface area contributed by atoms with Gasteiger partial charge in [0, 0.05) is 32.0 Å². The molecule has 1 amide bonds. The van der Waals surface area contributed by atoms with E-state index in [0.717, 1.165) is 35.7 Å². The number of methoxy groups -OCH3 is 1. The minimum atomic E-state index is -0.149. The second-order valence-electron chi connectivity index (χ2n) is 7.75. The summed E-state index contributed by atoms with van der Waals surface area (Å²) in [5.41, 5.74) is 4.49. The summed E-state index contributed by atoms with van der Waals surface area (Å²) in [5.74, 6) is 0.0763. The molecule has 0 unspecified atom stereocenters. The van der Waals surface area contributed by atoms with Crippen LogP contribution >= 0.6 is 11.8 Å². The molecule has 158 valence electrons. The summed E-state index contributed by atoms with van der Waals surface area (Å²) in [7, 11) is 1.64. The molecule has 1 fully saturated rings. The van der Waals surface area contributed by atoms with Crippen LogP contribution in [0.15, 0.2) is 53.7 Å². The molecule has 0 spiro atoms. The first-order chi connectivity index (χ1) is 14.6. The molecule has 3 aromatic rings. The van der Waals surface area contributed by atoms with Crippen LogP contribution in [0.2, 0.25) is 0 Å². The van der Waals surface area contributed by atoms with E-state index in [1.807, 2.05) is 24.3 Å². The van der Waals surface area contributed by atoms with Gasteiger partial charge in [-0.3, -0.25) is 9.69 Å². The van der Waals surface area contributed by atoms with Crippen molar-refractivity contribution in [2.75, 3.05) is 26.8 Å². The summed E-state index contributed by atoms with van der Waals surface area (Å²) >= 11 is 1.73. The fraction of sp³-hybridized carbons (Fsp3) is 0.391. The topological polar surface area (TPSA) is 70.2 Å². The third-order valence-electron chi connectivity index (χ3n) is 5.39. The maximum absolute atomic E-state index is 12.9. The summed E-state index contributed by atoms with van der Waals surface area (Å²) < 4.78 is 5.07. The van der Waals surface area contributed by atoms with Crippen molar-refractivity contribution in [1.82, 2.24) is 20.2 Å². The van der Waals surface area contributed by atoms with Crippen LogP contribution in [0.5, 0.6) is 0 Å². The molecule has 1 aromatic heterocycles. The Kier molecular flexibility index (Phi) is 6.72. The molecule has 30 heavy (non-hydrogen) atoms. The zero-order valence-electron chi connectivity index (χ0n) is 17.4. The lowest BCUT2D eigenvalue weighted by Crippen LogP contribution is -2.43. The Labute approximate surface area is 181 Å². The van der Waals surface area contributed by atoms with Crippen molar-refractivity contribution >= 4 is 28.7 Å². The fourth-order valence-corrected chi connectivity index (χ4v) is 5.16. The third kappa shape index (κ3) is 5.03. The highest BCUT2D eigenvalue weighted by Crippen LogP contribution is 2.33. The number of rotatable bonds is 8. The highest BCUT2D eigenvalue weighted by molar-refractivity contribution is 7.99. The maximum atomic E-state index is 12.9. The molecule has 0 radical (unpaired) electrons. The van der Waals surface area contributed by atoms with Crippen LogP contribution in [-0.2, 0) is 16.1 Å². The van der Waals surface area contributed by atoms with E-state index in [1.54, 1.807) is 18.9 Å². The molecule has 1 aliphatic heterocycles. The number of likely N-dealkylation sites (tertiary alicyclic amines) is 1. The van der Waals surface area contributed by atoms with Crippen molar-refractivity contribution in [3.05, 3.63) is 59.7 Å². The monoisotopic (exact) mass is 424 g/mol. The summed E-state index contributed by atoms with van der Waals surface area (Å²) in [6.07, 6.45) is 0.798. The van der Waals surface area contributed by atoms with Crippen molar-refractivity contribution in [2.45, 2.75) is 36.3 Å². The molecular weight excluding hydrogens is 396 g/mol. The summed E-state index contributed by atoms with van der Waals surface area (Å²) in [6, 6.07) is 16.4. The molecule has 7 heteroatoms. The quantitative estimate of drug-likeness (QED) is 0.543. The van der Waals surface area contributed by atoms with Crippen molar-refractivity contribution in [2.24, 2.45) is 0 Å². The van der Waals surface area contributed by atoms with Crippen LogP contribution in [0.4, 0.5) is 0 Å². The van der Waals surface area contributed by atoms with E-state index in [9.17, 15) is 4.79 Å². The lowest BCUT2D eigenvalue weighted by atomic mass is 10.1. The number of aromatic nitrogens is 2. The van der Waals surface area contributed by atoms with Gasteiger partial charge in [-0.1, -0.05) is 53.7 Å². The van der Waals surface area contributed by atoms with Gasteiger partial charge in [-0.05, 0) is 31.0 Å². The number of fused-ring (bicyclic) bond motifs is 1. The van der Waals surface area contributed by atoms with Gasteiger partial charge in [0.1, 0.15) is 0 Å². The second-order valence-corrected chi connectivity index (χ2v) is 9.04. The first-order valence-corrected chi connectivity index (χ1v) is 11.2. The molecule has 0 aliphatic carbocycles. The molecule has 1 saturated heterocycles. The average Bonchev–Trinajstić information content (AvgIpc) is 3.31. The Morgan fingerprint density at radius 3 is 2.97 bits per heavy atom. The van der Waals surface area contributed by atoms with E-state index in [4.69, 9.17) is 9.72 Å². The van der Waals surface area contributed by atoms with Gasteiger partial charge in [0.2, 0.25) is 5.91 Å². The highest BCUT2D eigenvalue weighted by Gasteiger charge is 2.37. The lowest BCUT2D eigenvalue weighted by Gasteiger charge is -2.23. The number of carbonyl (C=O) groups is 1. The van der Waals surface area contributed by atoms with Gasteiger partial charge in [0.05, 0.1) is 23.7 Å². The van der Waals surface area contributed by atoms with E-state index >= 15 is 0 Å². The van der Waals surface area contributed by atoms with Crippen molar-refractivity contribution in [3.63, 3.8) is 0 Å². The van der Waals surface area contributed by atoms with Gasteiger partial charge in [0.25, 0.3) is 0 Å². The average molecular weight is 425 g/mol. The summed E-state index contributed by atoms with van der Waals surface area (Å²) in [5, 5.41) is 4.23. The predicted octanol–water partition coefficient (Wildman–Crippen LogP) is 3.37. The third-order valence-corrected chi connectivity index (χ3v) is 6.48. The molecule has 2 aromatic carbocycles. The van der Waals surface area contributed by atoms with Crippen molar-refractivity contribution in [3.8, 4) is 0 Å². The molecule has 2 N–H and O–H groups in total. The van der Waals surface area contributed by atoms with Crippen LogP contribution in [0.25, 0.3) is 11.0 Å². The Bertz CT molecular complexity index is 973. The number of carbonyl (C=O) groups excluding carboxylic acids is 1. The Hall–Kier alpha value is -2.35. The van der Waals surface area contributed by atoms with Crippen molar-refractivity contribution < 1.29 is 9.53 Å². The number of nitrogens with one attached hydrogen (secondary N) is 2. The maximum Gasteiger partial charge on any atom is 0.237 e. The van der Waals surface area contributed by atoms with E-state index in [1.165, 1.54) is 11.1 Å². The number of amides is 1. The van der Waals surface area contributed by atoms with Gasteiger partial charge >= 0.3 is 0 Å². The van der Waals surface area contributed by atoms with Gasteiger partial charge in [-0.15, -0.1) is 0 Å². The number of aryl methyl sites for hydroxylation is 1. The summed E-state index contributed by atoms with van der Waals surface area (Å²) in [6.45, 7) is 4.76. The summed E-state index contributed by atoms with van der Waals surface area (Å²) in [4.78, 5) is 23.3. The number of nitrogens with zero attached hydrogens (tertiary/aromatic N) is 2. The van der Waals surface area contributed by atoms with Gasteiger partial charge < -0.3 is 15.0 Å². The molecule has 6 nitrogen and oxygen atoms in total. The molecule has 4 rings (SSSR count). The standard InChI is InChI=1S/C23H28N4O2S/c1-16-6-5-7-17(12-16)14-27-15-18(13-21(27)22(28)24-10-11-29-2)30-23-25-19-8-3-4-9-20(19)26-23/h3-9,12,18,21H,10-11,13-15H2,1-2H3,(H,24,28)(H,25,26)/t18-,21+/m1/s1. The predicted molar refractivity (Wildman–Crippen MR) is 121 cm³/mol. The number of hydrogen-bond donors (Lipinski definition) is 2. The molecule has 2 atom stereocenters. The normalized spacial score (nSPS) is 19.4. The smallest absolute Gasteiger partial charge is 0.237 e. The number of H-pyrrole nitrogens is 1. The minimum absolute atomic E-state index is 0.0763. The number of aromatic amines is 1. The van der Waals surface area contributed by atoms with Crippen molar-refractivity contribution in [1.29, 1.82) is 0 Å². The number of para-hydroxylation sites is 2. The molecule has 0 saturated carbocycles. The molecule has 1 aliphatic rings. The number of thioether (sulfide) groups is 1. The van der Waals surface area contributed by atoms with E-state index < -0.39 is 0 Å². The zero-order chi connectivity index (χ0) is 20.9. The van der Waals surface area contributed by atoms with Crippen LogP contribution in [-0.4, -0.2) is 58.9 Å². The van der Waals surface area contributed by atoms with E-state index in [2.05, 4.69) is 46.4 Å². The number of ether oxygens (including phenoxy) is 1. The Morgan fingerprint density at radius 1 is 1.30 bits per heavy atom. The fourth-order valence-electron chi connectivity index (χ4n) is 3.98. The Morgan fingerprint density at radius 2 is 2.17 bits per heavy atom. The van der Waals surface area contributed by atoms with E-state index in [-0.39, 0.29) is 11.9 Å². The van der Waals surface area contributed by atoms with Crippen LogP contribution < -0.4 is 5.32 Å². The minimum Gasteiger partial charge on any atom is -0.383 e. The second kappa shape index (κ2) is 9.64. The van der Waals surface area contributed by atoms with E-state index in [0.29, 0.717) is 18.4 Å². The largest absolute Gasteiger partial charge is 0.383 e. The lowest BCUT2D eigenvalue weighted by molar-refractivity contribution is -0.125. The highest BCUT2D eigenvalue weighted by atomic mass is 32.2. The molecular formula is C23H28N4O2S. The number of hydrogen-bond acceptors (Lipinski definition) is 5. The zero-order valence-corrected chi connectivity index (χ0v) is 18.2. The van der Waals surface area contributed by atoms with Gasteiger partial charge in [0.15, 0.2) is 5.16 Å². The Balaban J connectivity index is 1.47. The van der Waals surface area contributed by atoms with Gasteiger partial charge in [-0.25, -0.2) is 4.98 Å². The van der Waals surface area contributed by atoms with Crippen LogP contribution in [0.1, 0.15) is 17.5 Å². The van der Waals surface area contributed by atoms with Gasteiger partial charge in [-0.2, -0.15) is 0 Å². The molecule has 2 heterocycles. The van der Waals surface area contributed by atoms with Crippen LogP contribution in [0, 0.1) is 6.92 Å². The molecule has 0 bridgehead atoms.